The molecule has 0 spiro atoms. The van der Waals surface area contributed by atoms with Crippen LogP contribution in [0.25, 0.3) is 0 Å². The van der Waals surface area contributed by atoms with Gasteiger partial charge in [-0.2, -0.15) is 0 Å². The highest BCUT2D eigenvalue weighted by molar-refractivity contribution is 6.02. The summed E-state index contributed by atoms with van der Waals surface area (Å²) in [5.74, 6) is -1.01. The van der Waals surface area contributed by atoms with Crippen LogP contribution in [0.3, 0.4) is 0 Å². The maximum absolute atomic E-state index is 13.3. The summed E-state index contributed by atoms with van der Waals surface area (Å²) >= 11 is 0. The minimum Gasteiger partial charge on any atom is -0.454 e. The molecule has 0 aliphatic carbocycles. The molecule has 3 aromatic rings. The van der Waals surface area contributed by atoms with Crippen LogP contribution in [0, 0.1) is 11.6 Å². The molecule has 2 aromatic carbocycles. The number of rotatable bonds is 5. The molecule has 7 nitrogen and oxygen atoms in total. The Bertz CT molecular complexity index is 1050. The van der Waals surface area contributed by atoms with Crippen molar-refractivity contribution in [2.24, 2.45) is 0 Å². The highest BCUT2D eigenvalue weighted by Gasteiger charge is 2.14. The molecule has 1 aliphatic heterocycles. The molecule has 1 aliphatic rings. The van der Waals surface area contributed by atoms with Gasteiger partial charge in [-0.05, 0) is 35.9 Å². The Morgan fingerprint density at radius 2 is 1.89 bits per heavy atom. The van der Waals surface area contributed by atoms with E-state index in [1.807, 2.05) is 18.2 Å². The second kappa shape index (κ2) is 7.47. The lowest BCUT2D eigenvalue weighted by molar-refractivity contribution is 0.102. The van der Waals surface area contributed by atoms with E-state index in [-0.39, 0.29) is 24.1 Å². The van der Waals surface area contributed by atoms with Crippen molar-refractivity contribution < 1.29 is 23.0 Å². The van der Waals surface area contributed by atoms with Gasteiger partial charge in [-0.3, -0.25) is 4.79 Å². The number of hydrogen-bond acceptors (Lipinski definition) is 6. The van der Waals surface area contributed by atoms with E-state index in [0.717, 1.165) is 17.7 Å². The van der Waals surface area contributed by atoms with Crippen molar-refractivity contribution in [1.82, 2.24) is 9.97 Å². The highest BCUT2D eigenvalue weighted by atomic mass is 19.2. The smallest absolute Gasteiger partial charge is 0.274 e. The van der Waals surface area contributed by atoms with Gasteiger partial charge in [-0.25, -0.2) is 18.7 Å². The van der Waals surface area contributed by atoms with Crippen molar-refractivity contribution in [1.29, 1.82) is 0 Å². The molecule has 0 saturated carbocycles. The van der Waals surface area contributed by atoms with E-state index in [1.54, 1.807) is 0 Å². The molecule has 0 unspecified atom stereocenters. The first-order chi connectivity index (χ1) is 13.6. The number of nitrogens with zero attached hydrogens (tertiary/aromatic N) is 2. The van der Waals surface area contributed by atoms with Crippen molar-refractivity contribution in [3.8, 4) is 11.5 Å². The number of anilines is 2. The third-order valence-electron chi connectivity index (χ3n) is 3.95. The Morgan fingerprint density at radius 3 is 2.75 bits per heavy atom. The molecule has 0 fully saturated rings. The monoisotopic (exact) mass is 384 g/mol. The van der Waals surface area contributed by atoms with Gasteiger partial charge in [0.2, 0.25) is 12.7 Å². The van der Waals surface area contributed by atoms with Crippen molar-refractivity contribution in [2.75, 3.05) is 17.4 Å². The molecule has 0 bridgehead atoms. The van der Waals surface area contributed by atoms with E-state index >= 15 is 0 Å². The van der Waals surface area contributed by atoms with Gasteiger partial charge in [0.15, 0.2) is 23.1 Å². The molecule has 0 saturated heterocycles. The van der Waals surface area contributed by atoms with Crippen LogP contribution in [0.2, 0.25) is 0 Å². The number of halogens is 2. The third kappa shape index (κ3) is 3.83. The SMILES string of the molecule is O=C(Nc1ccc(F)c(F)c1)c1ccnc(NCc2ccc3c(c2)OCO3)n1. The van der Waals surface area contributed by atoms with Crippen LogP contribution in [0.5, 0.6) is 11.5 Å². The Kier molecular flexibility index (Phi) is 4.71. The molecule has 0 radical (unpaired) electrons. The number of aromatic nitrogens is 2. The maximum atomic E-state index is 13.3. The van der Waals surface area contributed by atoms with E-state index in [0.29, 0.717) is 18.0 Å². The zero-order valence-corrected chi connectivity index (χ0v) is 14.4. The minimum absolute atomic E-state index is 0.0768. The van der Waals surface area contributed by atoms with Crippen molar-refractivity contribution in [2.45, 2.75) is 6.54 Å². The number of benzene rings is 2. The van der Waals surface area contributed by atoms with Crippen LogP contribution >= 0.6 is 0 Å². The summed E-state index contributed by atoms with van der Waals surface area (Å²) in [6.07, 6.45) is 1.43. The molecule has 0 atom stereocenters. The third-order valence-corrected chi connectivity index (χ3v) is 3.95. The summed E-state index contributed by atoms with van der Waals surface area (Å²) in [6.45, 7) is 0.606. The number of fused-ring (bicyclic) bond motifs is 1. The summed E-state index contributed by atoms with van der Waals surface area (Å²) in [6, 6.07) is 10.0. The molecule has 4 rings (SSSR count). The van der Waals surface area contributed by atoms with E-state index in [4.69, 9.17) is 9.47 Å². The quantitative estimate of drug-likeness (QED) is 0.702. The first-order valence-corrected chi connectivity index (χ1v) is 8.30. The van der Waals surface area contributed by atoms with Gasteiger partial charge < -0.3 is 20.1 Å². The Morgan fingerprint density at radius 1 is 1.04 bits per heavy atom. The van der Waals surface area contributed by atoms with E-state index < -0.39 is 17.5 Å². The summed E-state index contributed by atoms with van der Waals surface area (Å²) in [4.78, 5) is 20.5. The topological polar surface area (TPSA) is 85.4 Å². The molecule has 9 heteroatoms. The molecular formula is C19H14F2N4O3. The predicted octanol–water partition coefficient (Wildman–Crippen LogP) is 3.35. The number of nitrogens with one attached hydrogen (secondary N) is 2. The van der Waals surface area contributed by atoms with Crippen molar-refractivity contribution >= 4 is 17.5 Å². The fourth-order valence-electron chi connectivity index (χ4n) is 2.57. The number of carbonyl (C=O) groups excluding carboxylic acids is 1. The van der Waals surface area contributed by atoms with Crippen molar-refractivity contribution in [3.05, 3.63) is 71.6 Å². The van der Waals surface area contributed by atoms with Crippen LogP contribution < -0.4 is 20.1 Å². The Balaban J connectivity index is 1.42. The lowest BCUT2D eigenvalue weighted by Gasteiger charge is -2.08. The minimum atomic E-state index is -1.05. The van der Waals surface area contributed by atoms with Gasteiger partial charge in [-0.15, -0.1) is 0 Å². The number of carbonyl (C=O) groups is 1. The standard InChI is InChI=1S/C19H14F2N4O3/c20-13-3-2-12(8-14(13)21)24-18(26)15-5-6-22-19(25-15)23-9-11-1-4-16-17(7-11)28-10-27-16/h1-8H,9-10H2,(H,24,26)(H,22,23,25). The fourth-order valence-corrected chi connectivity index (χ4v) is 2.57. The average molecular weight is 384 g/mol. The van der Waals surface area contributed by atoms with Gasteiger partial charge in [0, 0.05) is 24.5 Å². The highest BCUT2D eigenvalue weighted by Crippen LogP contribution is 2.32. The normalized spacial score (nSPS) is 11.9. The van der Waals surface area contributed by atoms with Crippen LogP contribution in [0.15, 0.2) is 48.7 Å². The second-order valence-corrected chi connectivity index (χ2v) is 5.89. The Labute approximate surface area is 158 Å². The molecule has 28 heavy (non-hydrogen) atoms. The molecular weight excluding hydrogens is 370 g/mol. The fraction of sp³-hybridized carbons (Fsp3) is 0.105. The predicted molar refractivity (Wildman–Crippen MR) is 96.2 cm³/mol. The maximum Gasteiger partial charge on any atom is 0.274 e. The summed E-state index contributed by atoms with van der Waals surface area (Å²) in [5.41, 5.74) is 1.12. The largest absolute Gasteiger partial charge is 0.454 e. The van der Waals surface area contributed by atoms with Crippen LogP contribution in [0.1, 0.15) is 16.1 Å². The van der Waals surface area contributed by atoms with Gasteiger partial charge in [0.25, 0.3) is 5.91 Å². The zero-order valence-electron chi connectivity index (χ0n) is 14.4. The summed E-state index contributed by atoms with van der Waals surface area (Å²) in [7, 11) is 0. The number of amides is 1. The van der Waals surface area contributed by atoms with Gasteiger partial charge in [-0.1, -0.05) is 6.07 Å². The Hall–Kier alpha value is -3.75. The average Bonchev–Trinajstić information content (AvgIpc) is 3.17. The van der Waals surface area contributed by atoms with Crippen molar-refractivity contribution in [3.63, 3.8) is 0 Å². The second-order valence-electron chi connectivity index (χ2n) is 5.89. The van der Waals surface area contributed by atoms with E-state index in [1.165, 1.54) is 18.3 Å². The number of ether oxygens (including phenoxy) is 2. The summed E-state index contributed by atoms with van der Waals surface area (Å²) in [5, 5.41) is 5.48. The first kappa shape index (κ1) is 17.7. The van der Waals surface area contributed by atoms with E-state index in [9.17, 15) is 13.6 Å². The van der Waals surface area contributed by atoms with Gasteiger partial charge >= 0.3 is 0 Å². The number of hydrogen-bond donors (Lipinski definition) is 2. The lowest BCUT2D eigenvalue weighted by atomic mass is 10.2. The molecule has 142 valence electrons. The first-order valence-electron chi connectivity index (χ1n) is 8.30. The van der Waals surface area contributed by atoms with E-state index in [2.05, 4.69) is 20.6 Å². The van der Waals surface area contributed by atoms with Gasteiger partial charge in [0.1, 0.15) is 5.69 Å². The lowest BCUT2D eigenvalue weighted by Crippen LogP contribution is -2.15. The van der Waals surface area contributed by atoms with Crippen LogP contribution in [-0.2, 0) is 6.54 Å². The molecule has 1 aromatic heterocycles. The molecule has 1 amide bonds. The van der Waals surface area contributed by atoms with Gasteiger partial charge in [0.05, 0.1) is 0 Å². The van der Waals surface area contributed by atoms with Crippen LogP contribution in [0.4, 0.5) is 20.4 Å². The molecule has 2 heterocycles. The summed E-state index contributed by atoms with van der Waals surface area (Å²) < 4.78 is 36.8. The molecule has 2 N–H and O–H groups in total. The van der Waals surface area contributed by atoms with Crippen LogP contribution in [-0.4, -0.2) is 22.7 Å². The zero-order chi connectivity index (χ0) is 19.5.